The SMILES string of the molecule is NS(=O)(=O)c1ccccc1-c1ccc(C(=O)Nc2ccccc2OC2=CCCC=C2)cc1. The molecule has 0 heterocycles. The topological polar surface area (TPSA) is 98.5 Å². The number of sulfonamides is 1. The average molecular weight is 447 g/mol. The van der Waals surface area contributed by atoms with Crippen LogP contribution < -0.4 is 15.2 Å². The van der Waals surface area contributed by atoms with Gasteiger partial charge in [-0.15, -0.1) is 0 Å². The van der Waals surface area contributed by atoms with Gasteiger partial charge in [-0.05, 0) is 60.9 Å². The molecule has 0 fully saturated rings. The van der Waals surface area contributed by atoms with Crippen LogP contribution in [0, 0.1) is 0 Å². The van der Waals surface area contributed by atoms with Gasteiger partial charge in [0.25, 0.3) is 5.91 Å². The van der Waals surface area contributed by atoms with Crippen molar-refractivity contribution in [2.24, 2.45) is 5.14 Å². The van der Waals surface area contributed by atoms with Gasteiger partial charge < -0.3 is 10.1 Å². The lowest BCUT2D eigenvalue weighted by Gasteiger charge is -2.14. The fourth-order valence-electron chi connectivity index (χ4n) is 3.40. The van der Waals surface area contributed by atoms with Gasteiger partial charge in [0.05, 0.1) is 10.6 Å². The predicted octanol–water partition coefficient (Wildman–Crippen LogP) is 4.87. The van der Waals surface area contributed by atoms with E-state index in [0.29, 0.717) is 28.1 Å². The second kappa shape index (κ2) is 9.21. The molecule has 3 aromatic rings. The third-order valence-electron chi connectivity index (χ3n) is 4.98. The molecule has 4 rings (SSSR count). The van der Waals surface area contributed by atoms with Crippen molar-refractivity contribution in [3.05, 3.63) is 102 Å². The molecule has 1 aliphatic carbocycles. The summed E-state index contributed by atoms with van der Waals surface area (Å²) in [6, 6.07) is 20.4. The Labute approximate surface area is 187 Å². The highest BCUT2D eigenvalue weighted by molar-refractivity contribution is 7.89. The van der Waals surface area contributed by atoms with Gasteiger partial charge in [-0.25, -0.2) is 13.6 Å². The molecule has 0 unspecified atom stereocenters. The van der Waals surface area contributed by atoms with Crippen LogP contribution in [0.1, 0.15) is 23.2 Å². The molecule has 0 radical (unpaired) electrons. The molecule has 0 bridgehead atoms. The Balaban J connectivity index is 1.54. The number of benzene rings is 3. The summed E-state index contributed by atoms with van der Waals surface area (Å²) in [6.45, 7) is 0. The average Bonchev–Trinajstić information content (AvgIpc) is 2.80. The number of amides is 1. The van der Waals surface area contributed by atoms with Gasteiger partial charge in [0, 0.05) is 11.1 Å². The number of nitrogens with one attached hydrogen (secondary N) is 1. The number of carbonyl (C=O) groups excluding carboxylic acids is 1. The maximum atomic E-state index is 12.8. The molecule has 6 nitrogen and oxygen atoms in total. The van der Waals surface area contributed by atoms with Gasteiger partial charge in [-0.1, -0.05) is 48.5 Å². The second-order valence-corrected chi connectivity index (χ2v) is 8.79. The molecule has 0 saturated heterocycles. The van der Waals surface area contributed by atoms with E-state index in [2.05, 4.69) is 5.32 Å². The van der Waals surface area contributed by atoms with Gasteiger partial charge in [0.15, 0.2) is 5.75 Å². The first-order valence-electron chi connectivity index (χ1n) is 10.1. The van der Waals surface area contributed by atoms with Crippen molar-refractivity contribution < 1.29 is 17.9 Å². The van der Waals surface area contributed by atoms with Crippen LogP contribution in [0.2, 0.25) is 0 Å². The number of para-hydroxylation sites is 2. The van der Waals surface area contributed by atoms with Gasteiger partial charge in [0.2, 0.25) is 10.0 Å². The number of nitrogens with two attached hydrogens (primary N) is 1. The minimum Gasteiger partial charge on any atom is -0.456 e. The monoisotopic (exact) mass is 446 g/mol. The number of hydrogen-bond donors (Lipinski definition) is 2. The van der Waals surface area contributed by atoms with E-state index in [1.807, 2.05) is 30.4 Å². The first kappa shape index (κ1) is 21.5. The summed E-state index contributed by atoms with van der Waals surface area (Å²) in [4.78, 5) is 12.9. The minimum atomic E-state index is -3.87. The first-order chi connectivity index (χ1) is 15.4. The van der Waals surface area contributed by atoms with E-state index in [4.69, 9.17) is 9.88 Å². The van der Waals surface area contributed by atoms with Crippen LogP contribution in [0.25, 0.3) is 11.1 Å². The van der Waals surface area contributed by atoms with Crippen LogP contribution in [-0.4, -0.2) is 14.3 Å². The Hall–Kier alpha value is -3.68. The zero-order valence-electron chi connectivity index (χ0n) is 17.2. The lowest BCUT2D eigenvalue weighted by Crippen LogP contribution is -2.14. The number of anilines is 1. The van der Waals surface area contributed by atoms with Crippen LogP contribution >= 0.6 is 0 Å². The minimum absolute atomic E-state index is 0.0364. The fraction of sp³-hybridized carbons (Fsp3) is 0.0800. The molecule has 162 valence electrons. The highest BCUT2D eigenvalue weighted by Crippen LogP contribution is 2.29. The van der Waals surface area contributed by atoms with Crippen LogP contribution in [0.4, 0.5) is 5.69 Å². The molecular weight excluding hydrogens is 424 g/mol. The van der Waals surface area contributed by atoms with Gasteiger partial charge >= 0.3 is 0 Å². The van der Waals surface area contributed by atoms with E-state index in [0.717, 1.165) is 18.6 Å². The molecule has 1 aliphatic rings. The van der Waals surface area contributed by atoms with Gasteiger partial charge in [0.1, 0.15) is 5.76 Å². The lowest BCUT2D eigenvalue weighted by atomic mass is 10.0. The van der Waals surface area contributed by atoms with Crippen LogP contribution in [0.15, 0.2) is 102 Å². The number of allylic oxidation sites excluding steroid dienone is 3. The molecule has 3 aromatic carbocycles. The molecular formula is C25H22N2O4S. The van der Waals surface area contributed by atoms with Crippen molar-refractivity contribution in [1.82, 2.24) is 0 Å². The Morgan fingerprint density at radius 3 is 2.34 bits per heavy atom. The highest BCUT2D eigenvalue weighted by Gasteiger charge is 2.16. The van der Waals surface area contributed by atoms with E-state index >= 15 is 0 Å². The zero-order valence-corrected chi connectivity index (χ0v) is 18.0. The number of ether oxygens (including phenoxy) is 1. The largest absolute Gasteiger partial charge is 0.456 e. The quantitative estimate of drug-likeness (QED) is 0.565. The Morgan fingerprint density at radius 1 is 0.906 bits per heavy atom. The maximum absolute atomic E-state index is 12.8. The number of rotatable bonds is 6. The Morgan fingerprint density at radius 2 is 1.62 bits per heavy atom. The first-order valence-corrected chi connectivity index (χ1v) is 11.6. The molecule has 0 aromatic heterocycles. The van der Waals surface area contributed by atoms with Crippen molar-refractivity contribution >= 4 is 21.6 Å². The molecule has 0 aliphatic heterocycles. The number of hydrogen-bond acceptors (Lipinski definition) is 4. The molecule has 3 N–H and O–H groups in total. The summed E-state index contributed by atoms with van der Waals surface area (Å²) in [6.07, 6.45) is 7.88. The molecule has 0 saturated carbocycles. The summed E-state index contributed by atoms with van der Waals surface area (Å²) in [7, 11) is -3.87. The van der Waals surface area contributed by atoms with Crippen molar-refractivity contribution in [1.29, 1.82) is 0 Å². The number of primary sulfonamides is 1. The summed E-state index contributed by atoms with van der Waals surface area (Å²) >= 11 is 0. The summed E-state index contributed by atoms with van der Waals surface area (Å²) in [5.41, 5.74) is 2.11. The van der Waals surface area contributed by atoms with Gasteiger partial charge in [-0.2, -0.15) is 0 Å². The smallest absolute Gasteiger partial charge is 0.255 e. The second-order valence-electron chi connectivity index (χ2n) is 7.26. The van der Waals surface area contributed by atoms with Gasteiger partial charge in [-0.3, -0.25) is 4.79 Å². The predicted molar refractivity (Wildman–Crippen MR) is 125 cm³/mol. The fourth-order valence-corrected chi connectivity index (χ4v) is 4.16. The third kappa shape index (κ3) is 4.96. The molecule has 32 heavy (non-hydrogen) atoms. The van der Waals surface area contributed by atoms with Crippen molar-refractivity contribution in [2.75, 3.05) is 5.32 Å². The van der Waals surface area contributed by atoms with Crippen LogP contribution in [-0.2, 0) is 10.0 Å². The van der Waals surface area contributed by atoms with E-state index in [1.165, 1.54) is 6.07 Å². The molecule has 0 spiro atoms. The summed E-state index contributed by atoms with van der Waals surface area (Å²) < 4.78 is 29.7. The van der Waals surface area contributed by atoms with E-state index in [-0.39, 0.29) is 10.8 Å². The van der Waals surface area contributed by atoms with Crippen molar-refractivity contribution in [3.8, 4) is 16.9 Å². The summed E-state index contributed by atoms with van der Waals surface area (Å²) in [5.74, 6) is 0.994. The molecule has 7 heteroatoms. The standard InChI is InChI=1S/C25H22N2O4S/c26-32(29,30)24-13-7-4-10-21(24)18-14-16-19(17-15-18)25(28)27-22-11-5-6-12-23(22)31-20-8-2-1-3-9-20/h2,4-17H,1,3H2,(H,27,28)(H2,26,29,30). The normalized spacial score (nSPS) is 13.3. The third-order valence-corrected chi connectivity index (χ3v) is 5.94. The van der Waals surface area contributed by atoms with Crippen LogP contribution in [0.3, 0.4) is 0 Å². The molecule has 1 amide bonds. The van der Waals surface area contributed by atoms with Crippen molar-refractivity contribution in [2.45, 2.75) is 17.7 Å². The van der Waals surface area contributed by atoms with Crippen LogP contribution in [0.5, 0.6) is 5.75 Å². The van der Waals surface area contributed by atoms with E-state index in [9.17, 15) is 13.2 Å². The zero-order chi connectivity index (χ0) is 22.6. The molecule has 0 atom stereocenters. The highest BCUT2D eigenvalue weighted by atomic mass is 32.2. The van der Waals surface area contributed by atoms with E-state index in [1.54, 1.807) is 54.6 Å². The summed E-state index contributed by atoms with van der Waals surface area (Å²) in [5, 5.41) is 8.21. The maximum Gasteiger partial charge on any atom is 0.255 e. The Bertz CT molecular complexity index is 1310. The lowest BCUT2D eigenvalue weighted by molar-refractivity contribution is 0.102. The van der Waals surface area contributed by atoms with Crippen molar-refractivity contribution in [3.63, 3.8) is 0 Å². The van der Waals surface area contributed by atoms with E-state index < -0.39 is 10.0 Å². The Kier molecular flexibility index (Phi) is 6.20. The number of carbonyl (C=O) groups is 1.